The summed E-state index contributed by atoms with van der Waals surface area (Å²) in [5.41, 5.74) is 4.24. The van der Waals surface area contributed by atoms with Gasteiger partial charge in [-0.05, 0) is 55.0 Å². The van der Waals surface area contributed by atoms with Gasteiger partial charge in [0.05, 0.1) is 42.7 Å². The number of quaternary nitrogens is 1. The predicted molar refractivity (Wildman–Crippen MR) is 107 cm³/mol. The first-order valence-corrected chi connectivity index (χ1v) is 11.5. The summed E-state index contributed by atoms with van der Waals surface area (Å²) in [6.07, 6.45) is 4.37. The van der Waals surface area contributed by atoms with Gasteiger partial charge in [-0.15, -0.1) is 0 Å². The van der Waals surface area contributed by atoms with Crippen molar-refractivity contribution in [2.24, 2.45) is 0 Å². The second kappa shape index (κ2) is 8.04. The third-order valence-electron chi connectivity index (χ3n) is 5.97. The molecule has 2 aromatic carbocycles. The van der Waals surface area contributed by atoms with Gasteiger partial charge in [0.15, 0.2) is 0 Å². The van der Waals surface area contributed by atoms with E-state index in [1.54, 1.807) is 10.4 Å². The summed E-state index contributed by atoms with van der Waals surface area (Å²) in [6, 6.07) is 15.6. The molecule has 2 aromatic rings. The molecular formula is C22H26N3O2S+. The highest BCUT2D eigenvalue weighted by Gasteiger charge is 2.31. The normalized spacial score (nSPS) is 18.4. The van der Waals surface area contributed by atoms with Crippen LogP contribution >= 0.6 is 0 Å². The Labute approximate surface area is 167 Å². The van der Waals surface area contributed by atoms with Crippen molar-refractivity contribution in [2.75, 3.05) is 26.2 Å². The van der Waals surface area contributed by atoms with Gasteiger partial charge in [-0.3, -0.25) is 0 Å². The first kappa shape index (κ1) is 19.1. The monoisotopic (exact) mass is 396 g/mol. The van der Waals surface area contributed by atoms with Gasteiger partial charge in [0.25, 0.3) is 0 Å². The Morgan fingerprint density at radius 2 is 1.71 bits per heavy atom. The van der Waals surface area contributed by atoms with E-state index in [1.807, 2.05) is 36.4 Å². The van der Waals surface area contributed by atoms with Crippen LogP contribution in [0.25, 0.3) is 0 Å². The highest BCUT2D eigenvalue weighted by molar-refractivity contribution is 7.89. The fourth-order valence-corrected chi connectivity index (χ4v) is 5.78. The average Bonchev–Trinajstić information content (AvgIpc) is 2.74. The minimum Gasteiger partial charge on any atom is -0.329 e. The van der Waals surface area contributed by atoms with Crippen LogP contribution < -0.4 is 4.90 Å². The second-order valence-electron chi connectivity index (χ2n) is 7.74. The molecule has 5 nitrogen and oxygen atoms in total. The maximum atomic E-state index is 13.1. The zero-order valence-electron chi connectivity index (χ0n) is 16.0. The maximum Gasteiger partial charge on any atom is 0.243 e. The van der Waals surface area contributed by atoms with Crippen molar-refractivity contribution in [1.29, 1.82) is 5.26 Å². The number of fused-ring (bicyclic) bond motifs is 1. The topological polar surface area (TPSA) is 65.6 Å². The number of rotatable bonds is 4. The van der Waals surface area contributed by atoms with E-state index in [2.05, 4.69) is 6.07 Å². The smallest absolute Gasteiger partial charge is 0.243 e. The molecule has 28 heavy (non-hydrogen) atoms. The molecule has 1 aliphatic carbocycles. The lowest BCUT2D eigenvalue weighted by Gasteiger charge is -2.32. The molecule has 0 saturated carbocycles. The van der Waals surface area contributed by atoms with E-state index in [-0.39, 0.29) is 0 Å². The lowest BCUT2D eigenvalue weighted by atomic mass is 9.92. The molecule has 146 valence electrons. The molecule has 1 heterocycles. The van der Waals surface area contributed by atoms with E-state index in [4.69, 9.17) is 0 Å². The number of benzene rings is 2. The Morgan fingerprint density at radius 1 is 1.00 bits per heavy atom. The van der Waals surface area contributed by atoms with Crippen molar-refractivity contribution in [2.45, 2.75) is 37.1 Å². The van der Waals surface area contributed by atoms with E-state index in [0.29, 0.717) is 23.5 Å². The van der Waals surface area contributed by atoms with E-state index in [1.165, 1.54) is 22.4 Å². The standard InChI is InChI=1S/C22H25N3O2S/c23-16-20-7-3-4-8-21(20)17-24-11-13-25(14-12-24)28(26,27)22-10-9-18-5-1-2-6-19(18)15-22/h3-4,7-10,15H,1-2,5-6,11-14,17H2/p+1. The molecule has 1 fully saturated rings. The fraction of sp³-hybridized carbons (Fsp3) is 0.409. The summed E-state index contributed by atoms with van der Waals surface area (Å²) in [7, 11) is -3.44. The summed E-state index contributed by atoms with van der Waals surface area (Å²) < 4.78 is 27.8. The number of nitrogens with zero attached hydrogens (tertiary/aromatic N) is 2. The molecule has 4 rings (SSSR count). The van der Waals surface area contributed by atoms with Crippen molar-refractivity contribution in [3.8, 4) is 6.07 Å². The van der Waals surface area contributed by atoms with Crippen LogP contribution in [-0.2, 0) is 29.4 Å². The molecule has 0 radical (unpaired) electrons. The maximum absolute atomic E-state index is 13.1. The van der Waals surface area contributed by atoms with E-state index in [9.17, 15) is 13.7 Å². The van der Waals surface area contributed by atoms with Crippen LogP contribution in [0.1, 0.15) is 35.1 Å². The highest BCUT2D eigenvalue weighted by atomic mass is 32.2. The van der Waals surface area contributed by atoms with Crippen molar-refractivity contribution in [1.82, 2.24) is 4.31 Å². The number of aryl methyl sites for hydroxylation is 2. The number of sulfonamides is 1. The Kier molecular flexibility index (Phi) is 5.49. The predicted octanol–water partition coefficient (Wildman–Crippen LogP) is 1.53. The third kappa shape index (κ3) is 3.83. The number of hydrogen-bond donors (Lipinski definition) is 1. The fourth-order valence-electron chi connectivity index (χ4n) is 4.29. The Bertz CT molecular complexity index is 1000. The van der Waals surface area contributed by atoms with Crippen LogP contribution in [-0.4, -0.2) is 38.9 Å². The molecule has 0 atom stereocenters. The molecule has 0 unspecified atom stereocenters. The van der Waals surface area contributed by atoms with Crippen LogP contribution in [0.2, 0.25) is 0 Å². The SMILES string of the molecule is N#Cc1ccccc1C[NH+]1CCN(S(=O)(=O)c2ccc3c(c2)CCCC3)CC1. The minimum absolute atomic E-state index is 0.437. The molecule has 0 spiro atoms. The van der Waals surface area contributed by atoms with Crippen molar-refractivity contribution >= 4 is 10.0 Å². The van der Waals surface area contributed by atoms with Gasteiger partial charge in [-0.1, -0.05) is 24.3 Å². The number of nitrogens with one attached hydrogen (secondary N) is 1. The molecule has 0 bridgehead atoms. The Balaban J connectivity index is 1.44. The third-order valence-corrected chi connectivity index (χ3v) is 7.86. The second-order valence-corrected chi connectivity index (χ2v) is 9.68. The van der Waals surface area contributed by atoms with Gasteiger partial charge in [0.1, 0.15) is 6.54 Å². The first-order valence-electron chi connectivity index (χ1n) is 10.0. The van der Waals surface area contributed by atoms with E-state index in [0.717, 1.165) is 44.5 Å². The van der Waals surface area contributed by atoms with Gasteiger partial charge < -0.3 is 4.90 Å². The number of nitriles is 1. The quantitative estimate of drug-likeness (QED) is 0.852. The lowest BCUT2D eigenvalue weighted by Crippen LogP contribution is -3.13. The molecule has 1 aliphatic heterocycles. The molecule has 0 aromatic heterocycles. The minimum atomic E-state index is -3.44. The first-order chi connectivity index (χ1) is 13.6. The number of piperazine rings is 1. The van der Waals surface area contributed by atoms with E-state index < -0.39 is 10.0 Å². The molecule has 0 amide bonds. The Hall–Kier alpha value is -2.20. The highest BCUT2D eigenvalue weighted by Crippen LogP contribution is 2.25. The molecular weight excluding hydrogens is 370 g/mol. The molecule has 2 aliphatic rings. The van der Waals surface area contributed by atoms with Crippen LogP contribution in [0.3, 0.4) is 0 Å². The largest absolute Gasteiger partial charge is 0.329 e. The zero-order valence-corrected chi connectivity index (χ0v) is 16.8. The summed E-state index contributed by atoms with van der Waals surface area (Å²) in [4.78, 5) is 1.76. The lowest BCUT2D eigenvalue weighted by molar-refractivity contribution is -0.917. The summed E-state index contributed by atoms with van der Waals surface area (Å²) >= 11 is 0. The van der Waals surface area contributed by atoms with E-state index >= 15 is 0 Å². The van der Waals surface area contributed by atoms with Crippen LogP contribution in [0.5, 0.6) is 0 Å². The average molecular weight is 397 g/mol. The summed E-state index contributed by atoms with van der Waals surface area (Å²) in [5.74, 6) is 0. The van der Waals surface area contributed by atoms with Gasteiger partial charge in [0, 0.05) is 5.56 Å². The van der Waals surface area contributed by atoms with Crippen LogP contribution in [0.15, 0.2) is 47.4 Å². The van der Waals surface area contributed by atoms with Gasteiger partial charge >= 0.3 is 0 Å². The summed E-state index contributed by atoms with van der Waals surface area (Å²) in [6.45, 7) is 3.30. The Morgan fingerprint density at radius 3 is 2.46 bits per heavy atom. The van der Waals surface area contributed by atoms with Crippen molar-refractivity contribution < 1.29 is 13.3 Å². The molecule has 1 N–H and O–H groups in total. The van der Waals surface area contributed by atoms with Crippen LogP contribution in [0, 0.1) is 11.3 Å². The number of hydrogen-bond acceptors (Lipinski definition) is 3. The van der Waals surface area contributed by atoms with Crippen molar-refractivity contribution in [3.63, 3.8) is 0 Å². The molecule has 1 saturated heterocycles. The van der Waals surface area contributed by atoms with Gasteiger partial charge in [0.2, 0.25) is 10.0 Å². The van der Waals surface area contributed by atoms with Gasteiger partial charge in [-0.25, -0.2) is 8.42 Å². The van der Waals surface area contributed by atoms with Crippen LogP contribution in [0.4, 0.5) is 0 Å². The van der Waals surface area contributed by atoms with Crippen molar-refractivity contribution in [3.05, 3.63) is 64.7 Å². The summed E-state index contributed by atoms with van der Waals surface area (Å²) in [5, 5.41) is 9.26. The zero-order chi connectivity index (χ0) is 19.6. The molecule has 6 heteroatoms. The van der Waals surface area contributed by atoms with Gasteiger partial charge in [-0.2, -0.15) is 9.57 Å².